The van der Waals surface area contributed by atoms with Crippen molar-refractivity contribution in [3.8, 4) is 0 Å². The average molecular weight is 299 g/mol. The number of carboxylic acid groups (broad SMARTS) is 1. The van der Waals surface area contributed by atoms with Gasteiger partial charge in [0.2, 0.25) is 5.91 Å². The molecule has 0 aliphatic carbocycles. The molecule has 1 aliphatic rings. The summed E-state index contributed by atoms with van der Waals surface area (Å²) < 4.78 is 0. The fourth-order valence-corrected chi connectivity index (χ4v) is 2.67. The second kappa shape index (κ2) is 8.49. The van der Waals surface area contributed by atoms with Gasteiger partial charge in [0.05, 0.1) is 0 Å². The molecule has 0 spiro atoms. The summed E-state index contributed by atoms with van der Waals surface area (Å²) >= 11 is 0. The number of nitrogens with zero attached hydrogens (tertiary/aromatic N) is 1. The van der Waals surface area contributed by atoms with E-state index in [4.69, 9.17) is 10.8 Å². The van der Waals surface area contributed by atoms with E-state index in [9.17, 15) is 14.4 Å². The molecule has 0 aromatic carbocycles. The van der Waals surface area contributed by atoms with Crippen LogP contribution in [0.4, 0.5) is 4.79 Å². The first-order valence-corrected chi connectivity index (χ1v) is 7.43. The smallest absolute Gasteiger partial charge is 0.317 e. The molecule has 4 N–H and O–H groups in total. The third-order valence-electron chi connectivity index (χ3n) is 3.92. The van der Waals surface area contributed by atoms with Crippen LogP contribution in [0.1, 0.15) is 39.0 Å². The fraction of sp³-hybridized carbons (Fsp3) is 0.786. The number of likely N-dealkylation sites (tertiary alicyclic amines) is 1. The van der Waals surface area contributed by atoms with Crippen LogP contribution in [-0.2, 0) is 9.59 Å². The Labute approximate surface area is 124 Å². The highest BCUT2D eigenvalue weighted by atomic mass is 16.4. The number of carboxylic acids is 1. The molecule has 2 atom stereocenters. The van der Waals surface area contributed by atoms with Crippen LogP contribution >= 0.6 is 0 Å². The van der Waals surface area contributed by atoms with Crippen molar-refractivity contribution < 1.29 is 19.5 Å². The Hall–Kier alpha value is -1.79. The van der Waals surface area contributed by atoms with E-state index < -0.39 is 5.97 Å². The molecule has 0 bridgehead atoms. The van der Waals surface area contributed by atoms with Gasteiger partial charge >= 0.3 is 12.0 Å². The van der Waals surface area contributed by atoms with Gasteiger partial charge in [-0.1, -0.05) is 6.92 Å². The van der Waals surface area contributed by atoms with E-state index >= 15 is 0 Å². The van der Waals surface area contributed by atoms with Crippen molar-refractivity contribution in [2.24, 2.45) is 17.6 Å². The second-order valence-corrected chi connectivity index (χ2v) is 5.73. The minimum Gasteiger partial charge on any atom is -0.481 e. The number of aliphatic carboxylic acids is 1. The highest BCUT2D eigenvalue weighted by Crippen LogP contribution is 2.26. The lowest BCUT2D eigenvalue weighted by Gasteiger charge is -2.35. The van der Waals surface area contributed by atoms with Crippen molar-refractivity contribution >= 4 is 17.9 Å². The van der Waals surface area contributed by atoms with Crippen molar-refractivity contribution in [3.63, 3.8) is 0 Å². The van der Waals surface area contributed by atoms with Crippen LogP contribution in [0.25, 0.3) is 0 Å². The zero-order valence-electron chi connectivity index (χ0n) is 12.5. The van der Waals surface area contributed by atoms with Crippen LogP contribution < -0.4 is 11.1 Å². The van der Waals surface area contributed by atoms with Gasteiger partial charge in [0.15, 0.2) is 0 Å². The Bertz CT molecular complexity index is 386. The van der Waals surface area contributed by atoms with Gasteiger partial charge < -0.3 is 21.1 Å². The number of urea groups is 1. The van der Waals surface area contributed by atoms with Crippen LogP contribution in [0.2, 0.25) is 0 Å². The van der Waals surface area contributed by atoms with Crippen LogP contribution in [0, 0.1) is 11.8 Å². The average Bonchev–Trinajstić information content (AvgIpc) is 2.42. The molecule has 7 heteroatoms. The summed E-state index contributed by atoms with van der Waals surface area (Å²) in [6.07, 6.45) is 2.79. The number of carbonyl (C=O) groups is 3. The summed E-state index contributed by atoms with van der Waals surface area (Å²) in [6.45, 7) is 3.63. The van der Waals surface area contributed by atoms with Crippen LogP contribution in [-0.4, -0.2) is 47.5 Å². The van der Waals surface area contributed by atoms with Crippen molar-refractivity contribution in [2.75, 3.05) is 19.6 Å². The molecule has 0 saturated carbocycles. The van der Waals surface area contributed by atoms with Crippen molar-refractivity contribution in [1.82, 2.24) is 10.2 Å². The van der Waals surface area contributed by atoms with E-state index in [-0.39, 0.29) is 36.6 Å². The molecule has 2 unspecified atom stereocenters. The largest absolute Gasteiger partial charge is 0.481 e. The Morgan fingerprint density at radius 1 is 1.43 bits per heavy atom. The maximum absolute atomic E-state index is 12.0. The summed E-state index contributed by atoms with van der Waals surface area (Å²) in [5, 5.41) is 11.6. The number of rotatable bonds is 7. The van der Waals surface area contributed by atoms with Gasteiger partial charge in [0.1, 0.15) is 0 Å². The molecular formula is C14H25N3O4. The van der Waals surface area contributed by atoms with E-state index in [1.54, 1.807) is 4.90 Å². The summed E-state index contributed by atoms with van der Waals surface area (Å²) in [5.74, 6) is -0.875. The number of nitrogens with two attached hydrogens (primary N) is 1. The van der Waals surface area contributed by atoms with E-state index in [2.05, 4.69) is 5.32 Å². The molecule has 1 heterocycles. The maximum Gasteiger partial charge on any atom is 0.317 e. The summed E-state index contributed by atoms with van der Waals surface area (Å²) in [6, 6.07) is -0.147. The van der Waals surface area contributed by atoms with Crippen molar-refractivity contribution in [2.45, 2.75) is 39.0 Å². The molecule has 1 aliphatic heterocycles. The van der Waals surface area contributed by atoms with Gasteiger partial charge in [-0.2, -0.15) is 0 Å². The van der Waals surface area contributed by atoms with Crippen LogP contribution in [0.3, 0.4) is 0 Å². The Kier molecular flexibility index (Phi) is 6.98. The van der Waals surface area contributed by atoms with Gasteiger partial charge in [-0.05, 0) is 31.1 Å². The zero-order valence-corrected chi connectivity index (χ0v) is 12.5. The Balaban J connectivity index is 2.35. The van der Waals surface area contributed by atoms with E-state index in [0.29, 0.717) is 26.1 Å². The zero-order chi connectivity index (χ0) is 15.8. The lowest BCUT2D eigenvalue weighted by molar-refractivity contribution is -0.138. The quantitative estimate of drug-likeness (QED) is 0.603. The van der Waals surface area contributed by atoms with Gasteiger partial charge in [0.25, 0.3) is 0 Å². The summed E-state index contributed by atoms with van der Waals surface area (Å²) in [4.78, 5) is 35.1. The van der Waals surface area contributed by atoms with Gasteiger partial charge in [0, 0.05) is 32.5 Å². The molecule has 21 heavy (non-hydrogen) atoms. The summed E-state index contributed by atoms with van der Waals surface area (Å²) in [5.41, 5.74) is 5.03. The number of amides is 3. The number of nitrogens with one attached hydrogen (secondary N) is 1. The standard InChI is InChI=1S/C14H25N3O4/c1-10(8-13(19)20)11-4-3-7-17(9-11)14(21)16-6-2-5-12(15)18/h10-11H,2-9H2,1H3,(H2,15,18)(H,16,21)(H,19,20). The number of primary amides is 1. The highest BCUT2D eigenvalue weighted by molar-refractivity contribution is 5.75. The highest BCUT2D eigenvalue weighted by Gasteiger charge is 2.28. The topological polar surface area (TPSA) is 113 Å². The van der Waals surface area contributed by atoms with Crippen molar-refractivity contribution in [1.29, 1.82) is 0 Å². The van der Waals surface area contributed by atoms with E-state index in [1.807, 2.05) is 6.92 Å². The molecule has 1 fully saturated rings. The first-order valence-electron chi connectivity index (χ1n) is 7.43. The molecule has 7 nitrogen and oxygen atoms in total. The van der Waals surface area contributed by atoms with E-state index in [0.717, 1.165) is 12.8 Å². The lowest BCUT2D eigenvalue weighted by Crippen LogP contribution is -2.47. The monoisotopic (exact) mass is 299 g/mol. The Morgan fingerprint density at radius 2 is 2.14 bits per heavy atom. The normalized spacial score (nSPS) is 19.9. The number of carbonyl (C=O) groups excluding carboxylic acids is 2. The van der Waals surface area contributed by atoms with Crippen LogP contribution in [0.5, 0.6) is 0 Å². The first-order chi connectivity index (χ1) is 9.90. The molecule has 1 rings (SSSR count). The maximum atomic E-state index is 12.0. The molecule has 120 valence electrons. The number of piperidine rings is 1. The number of hydrogen-bond acceptors (Lipinski definition) is 3. The first kappa shape index (κ1) is 17.3. The summed E-state index contributed by atoms with van der Waals surface area (Å²) in [7, 11) is 0. The Morgan fingerprint density at radius 3 is 2.76 bits per heavy atom. The fourth-order valence-electron chi connectivity index (χ4n) is 2.67. The molecule has 0 aromatic rings. The molecule has 1 saturated heterocycles. The lowest BCUT2D eigenvalue weighted by atomic mass is 9.85. The van der Waals surface area contributed by atoms with Crippen molar-refractivity contribution in [3.05, 3.63) is 0 Å². The molecule has 0 radical (unpaired) electrons. The predicted octanol–water partition coefficient (Wildman–Crippen LogP) is 0.784. The molecular weight excluding hydrogens is 274 g/mol. The second-order valence-electron chi connectivity index (χ2n) is 5.73. The van der Waals surface area contributed by atoms with E-state index in [1.165, 1.54) is 0 Å². The number of hydrogen-bond donors (Lipinski definition) is 3. The molecule has 3 amide bonds. The minimum atomic E-state index is -0.796. The third kappa shape index (κ3) is 6.46. The SMILES string of the molecule is CC(CC(=O)O)C1CCCN(C(=O)NCCCC(N)=O)C1. The predicted molar refractivity (Wildman–Crippen MR) is 77.5 cm³/mol. The van der Waals surface area contributed by atoms with Gasteiger partial charge in [-0.3, -0.25) is 9.59 Å². The third-order valence-corrected chi connectivity index (χ3v) is 3.92. The minimum absolute atomic E-state index is 0.0629. The van der Waals surface area contributed by atoms with Crippen LogP contribution in [0.15, 0.2) is 0 Å². The van der Waals surface area contributed by atoms with Gasteiger partial charge in [-0.25, -0.2) is 4.79 Å². The van der Waals surface area contributed by atoms with Gasteiger partial charge in [-0.15, -0.1) is 0 Å². The molecule has 0 aromatic heterocycles.